The van der Waals surface area contributed by atoms with E-state index < -0.39 is 0 Å². The summed E-state index contributed by atoms with van der Waals surface area (Å²) in [4.78, 5) is 11.5. The van der Waals surface area contributed by atoms with E-state index >= 15 is 0 Å². The van der Waals surface area contributed by atoms with Gasteiger partial charge in [0.25, 0.3) is 0 Å². The monoisotopic (exact) mass is 373 g/mol. The molecule has 2 aliphatic heterocycles. The van der Waals surface area contributed by atoms with Crippen molar-refractivity contribution in [1.29, 1.82) is 0 Å². The smallest absolute Gasteiger partial charge is 0.132 e. The summed E-state index contributed by atoms with van der Waals surface area (Å²) < 4.78 is 12.1. The molecule has 5 atom stereocenters. The molecule has 0 bridgehead atoms. The molecule has 4 fully saturated rings. The maximum atomic E-state index is 6.40. The fraction of sp³-hybridized carbons (Fsp3) is 0.800. The molecule has 1 aromatic heterocycles. The lowest BCUT2D eigenvalue weighted by Gasteiger charge is -2.35. The Balaban J connectivity index is 1.31. The number of morpholine rings is 1. The second-order valence-electron chi connectivity index (χ2n) is 8.97. The number of aromatic nitrogens is 2. The molecule has 3 heterocycles. The largest absolute Gasteiger partial charge is 0.375 e. The lowest BCUT2D eigenvalue weighted by molar-refractivity contribution is -0.0500. The third-order valence-corrected chi connectivity index (χ3v) is 6.67. The third-order valence-electron chi connectivity index (χ3n) is 6.67. The lowest BCUT2D eigenvalue weighted by Crippen LogP contribution is -2.41. The van der Waals surface area contributed by atoms with Crippen molar-refractivity contribution in [2.75, 3.05) is 24.6 Å². The number of ether oxygens (including phenoxy) is 2. The maximum absolute atomic E-state index is 6.40. The predicted molar refractivity (Wildman–Crippen MR) is 102 cm³/mol. The van der Waals surface area contributed by atoms with E-state index in [1.54, 1.807) is 6.33 Å². The summed E-state index contributed by atoms with van der Waals surface area (Å²) >= 11 is 0. The molecule has 2 saturated heterocycles. The van der Waals surface area contributed by atoms with Gasteiger partial charge in [-0.2, -0.15) is 0 Å². The first kappa shape index (κ1) is 17.8. The van der Waals surface area contributed by atoms with Gasteiger partial charge in [-0.25, -0.2) is 15.4 Å². The minimum Gasteiger partial charge on any atom is -0.375 e. The maximum Gasteiger partial charge on any atom is 0.132 e. The van der Waals surface area contributed by atoms with E-state index in [-0.39, 0.29) is 17.7 Å². The van der Waals surface area contributed by atoms with Crippen LogP contribution in [-0.2, 0) is 9.47 Å². The summed E-state index contributed by atoms with van der Waals surface area (Å²) in [6.45, 7) is 6.89. The van der Waals surface area contributed by atoms with E-state index in [2.05, 4.69) is 45.6 Å². The van der Waals surface area contributed by atoms with Crippen molar-refractivity contribution < 1.29 is 9.47 Å². The van der Waals surface area contributed by atoms with Crippen LogP contribution in [0.25, 0.3) is 0 Å². The van der Waals surface area contributed by atoms with Gasteiger partial charge in [0, 0.05) is 31.1 Å². The van der Waals surface area contributed by atoms with E-state index in [9.17, 15) is 0 Å². The summed E-state index contributed by atoms with van der Waals surface area (Å²) in [5, 5.41) is 0. The molecule has 4 unspecified atom stereocenters. The molecule has 2 aliphatic carbocycles. The topological polar surface area (TPSA) is 71.5 Å². The van der Waals surface area contributed by atoms with Crippen LogP contribution in [0, 0.1) is 5.92 Å². The van der Waals surface area contributed by atoms with Crippen molar-refractivity contribution >= 4 is 5.82 Å². The SMILES string of the molecule is C[C@@H]1CN(c2cc(C3NNC4CCC(OC5(C)CC5)CC43)ncn2)CCO1. The third kappa shape index (κ3) is 3.70. The number of rotatable bonds is 4. The summed E-state index contributed by atoms with van der Waals surface area (Å²) in [5.74, 6) is 1.52. The number of nitrogens with zero attached hydrogens (tertiary/aromatic N) is 3. The van der Waals surface area contributed by atoms with Crippen LogP contribution < -0.4 is 15.8 Å². The van der Waals surface area contributed by atoms with Crippen molar-refractivity contribution in [2.24, 2.45) is 5.92 Å². The molecule has 7 nitrogen and oxygen atoms in total. The number of nitrogens with one attached hydrogen (secondary N) is 2. The van der Waals surface area contributed by atoms with Gasteiger partial charge >= 0.3 is 0 Å². The van der Waals surface area contributed by atoms with Crippen LogP contribution >= 0.6 is 0 Å². The summed E-state index contributed by atoms with van der Waals surface area (Å²) in [7, 11) is 0. The molecule has 2 saturated carbocycles. The van der Waals surface area contributed by atoms with E-state index in [0.29, 0.717) is 18.1 Å². The number of hydrazine groups is 1. The highest BCUT2D eigenvalue weighted by atomic mass is 16.5. The average Bonchev–Trinajstić information content (AvgIpc) is 3.25. The highest BCUT2D eigenvalue weighted by Crippen LogP contribution is 2.45. The van der Waals surface area contributed by atoms with Crippen molar-refractivity contribution in [1.82, 2.24) is 20.8 Å². The highest BCUT2D eigenvalue weighted by molar-refractivity contribution is 5.40. The van der Waals surface area contributed by atoms with Crippen LogP contribution in [0.4, 0.5) is 5.82 Å². The van der Waals surface area contributed by atoms with E-state index in [0.717, 1.165) is 50.5 Å². The van der Waals surface area contributed by atoms with E-state index in [1.165, 1.54) is 12.8 Å². The van der Waals surface area contributed by atoms with Gasteiger partial charge < -0.3 is 14.4 Å². The Kier molecular flexibility index (Phi) is 4.58. The molecular weight excluding hydrogens is 342 g/mol. The average molecular weight is 374 g/mol. The van der Waals surface area contributed by atoms with Crippen LogP contribution in [0.5, 0.6) is 0 Å². The number of fused-ring (bicyclic) bond motifs is 1. The second-order valence-corrected chi connectivity index (χ2v) is 8.97. The Morgan fingerprint density at radius 1 is 1.26 bits per heavy atom. The first-order valence-electron chi connectivity index (χ1n) is 10.5. The van der Waals surface area contributed by atoms with E-state index in [4.69, 9.17) is 9.47 Å². The molecule has 5 rings (SSSR count). The van der Waals surface area contributed by atoms with Gasteiger partial charge in [-0.1, -0.05) is 0 Å². The van der Waals surface area contributed by atoms with Crippen molar-refractivity contribution in [3.8, 4) is 0 Å². The molecule has 0 radical (unpaired) electrons. The van der Waals surface area contributed by atoms with Gasteiger partial charge in [0.2, 0.25) is 0 Å². The zero-order valence-electron chi connectivity index (χ0n) is 16.4. The quantitative estimate of drug-likeness (QED) is 0.836. The van der Waals surface area contributed by atoms with Crippen LogP contribution in [0.15, 0.2) is 12.4 Å². The molecule has 7 heteroatoms. The number of hydrogen-bond donors (Lipinski definition) is 2. The molecular formula is C20H31N5O2. The van der Waals surface area contributed by atoms with Gasteiger partial charge in [-0.15, -0.1) is 0 Å². The summed E-state index contributed by atoms with van der Waals surface area (Å²) in [5.41, 5.74) is 8.26. The molecule has 148 valence electrons. The number of hydrogen-bond acceptors (Lipinski definition) is 7. The minimum absolute atomic E-state index is 0.154. The van der Waals surface area contributed by atoms with Crippen molar-refractivity contribution in [3.63, 3.8) is 0 Å². The Bertz CT molecular complexity index is 682. The number of anilines is 1. The first-order valence-corrected chi connectivity index (χ1v) is 10.5. The zero-order valence-corrected chi connectivity index (χ0v) is 16.4. The molecule has 0 amide bonds. The normalized spacial score (nSPS) is 37.9. The van der Waals surface area contributed by atoms with Gasteiger partial charge in [0.05, 0.1) is 36.2 Å². The lowest BCUT2D eigenvalue weighted by atomic mass is 9.79. The van der Waals surface area contributed by atoms with Crippen molar-refractivity contribution in [2.45, 2.75) is 75.8 Å². The Morgan fingerprint density at radius 3 is 2.96 bits per heavy atom. The zero-order chi connectivity index (χ0) is 18.4. The first-order chi connectivity index (χ1) is 13.1. The van der Waals surface area contributed by atoms with Gasteiger partial charge in [-0.05, 0) is 46.0 Å². The van der Waals surface area contributed by atoms with Crippen LogP contribution in [0.1, 0.15) is 57.7 Å². The standard InChI is InChI=1S/C20H31N5O2/c1-13-11-25(7-8-26-13)18-10-17(21-12-22-18)19-15-9-14(27-20(2)5-6-20)3-4-16(15)23-24-19/h10,12-16,19,23-24H,3-9,11H2,1-2H3/t13-,14?,15?,16?,19?/m1/s1. The second kappa shape index (κ2) is 6.95. The molecule has 0 spiro atoms. The fourth-order valence-electron chi connectivity index (χ4n) is 4.84. The Labute approximate surface area is 161 Å². The van der Waals surface area contributed by atoms with Crippen LogP contribution in [0.2, 0.25) is 0 Å². The minimum atomic E-state index is 0.154. The Morgan fingerprint density at radius 2 is 2.15 bits per heavy atom. The highest BCUT2D eigenvalue weighted by Gasteiger charge is 2.46. The summed E-state index contributed by atoms with van der Waals surface area (Å²) in [6, 6.07) is 2.88. The van der Waals surface area contributed by atoms with Gasteiger partial charge in [0.1, 0.15) is 12.1 Å². The van der Waals surface area contributed by atoms with Crippen LogP contribution in [0.3, 0.4) is 0 Å². The molecule has 4 aliphatic rings. The van der Waals surface area contributed by atoms with Gasteiger partial charge in [0.15, 0.2) is 0 Å². The predicted octanol–water partition coefficient (Wildman–Crippen LogP) is 1.96. The molecule has 1 aromatic rings. The summed E-state index contributed by atoms with van der Waals surface area (Å²) in [6.07, 6.45) is 8.17. The van der Waals surface area contributed by atoms with Crippen molar-refractivity contribution in [3.05, 3.63) is 18.1 Å². The van der Waals surface area contributed by atoms with Crippen LogP contribution in [-0.4, -0.2) is 53.5 Å². The van der Waals surface area contributed by atoms with Gasteiger partial charge in [-0.3, -0.25) is 5.43 Å². The molecule has 2 N–H and O–H groups in total. The molecule has 27 heavy (non-hydrogen) atoms. The van der Waals surface area contributed by atoms with E-state index in [1.807, 2.05) is 0 Å². The molecule has 0 aromatic carbocycles. The Hall–Kier alpha value is -1.28. The fourth-order valence-corrected chi connectivity index (χ4v) is 4.84.